The number of aryl methyl sites for hydroxylation is 2. The first-order valence-corrected chi connectivity index (χ1v) is 9.24. The Morgan fingerprint density at radius 1 is 1.20 bits per heavy atom. The van der Waals surface area contributed by atoms with Crippen LogP contribution in [0.3, 0.4) is 0 Å². The highest BCUT2D eigenvalue weighted by atomic mass is 19.1. The molecule has 0 aliphatic carbocycles. The molecule has 30 heavy (non-hydrogen) atoms. The van der Waals surface area contributed by atoms with E-state index in [2.05, 4.69) is 5.16 Å². The lowest BCUT2D eigenvalue weighted by Gasteiger charge is -2.26. The summed E-state index contributed by atoms with van der Waals surface area (Å²) in [6.45, 7) is 3.93. The van der Waals surface area contributed by atoms with Crippen LogP contribution in [0.1, 0.15) is 39.0 Å². The van der Waals surface area contributed by atoms with Crippen LogP contribution in [0.4, 0.5) is 4.39 Å². The normalized spacial score (nSPS) is 11.7. The molecule has 2 N–H and O–H groups in total. The lowest BCUT2D eigenvalue weighted by molar-refractivity contribution is -0.122. The van der Waals surface area contributed by atoms with Crippen molar-refractivity contribution >= 4 is 11.8 Å². The molecule has 8 heteroatoms. The first kappa shape index (κ1) is 21.0. The summed E-state index contributed by atoms with van der Waals surface area (Å²) in [7, 11) is 1.45. The molecule has 3 rings (SSSR count). The number of hydrogen-bond acceptors (Lipinski definition) is 5. The van der Waals surface area contributed by atoms with Crippen molar-refractivity contribution in [1.29, 1.82) is 0 Å². The Labute approximate surface area is 173 Å². The van der Waals surface area contributed by atoms with Gasteiger partial charge in [-0.1, -0.05) is 17.3 Å². The van der Waals surface area contributed by atoms with Crippen LogP contribution in [0.15, 0.2) is 53.1 Å². The summed E-state index contributed by atoms with van der Waals surface area (Å²) < 4.78 is 24.4. The van der Waals surface area contributed by atoms with Crippen molar-refractivity contribution in [3.05, 3.63) is 82.5 Å². The first-order valence-electron chi connectivity index (χ1n) is 9.24. The van der Waals surface area contributed by atoms with E-state index >= 15 is 0 Å². The van der Waals surface area contributed by atoms with Gasteiger partial charge in [0.2, 0.25) is 5.91 Å². The Morgan fingerprint density at radius 2 is 1.90 bits per heavy atom. The Kier molecular flexibility index (Phi) is 6.15. The van der Waals surface area contributed by atoms with Crippen LogP contribution < -0.4 is 10.5 Å². The van der Waals surface area contributed by atoms with Crippen molar-refractivity contribution in [2.24, 2.45) is 5.73 Å². The highest BCUT2D eigenvalue weighted by Crippen LogP contribution is 2.23. The number of amides is 2. The molecule has 1 unspecified atom stereocenters. The summed E-state index contributed by atoms with van der Waals surface area (Å²) in [6, 6.07) is 10.8. The van der Waals surface area contributed by atoms with Crippen molar-refractivity contribution in [2.45, 2.75) is 26.5 Å². The predicted octanol–water partition coefficient (Wildman–Crippen LogP) is 3.31. The summed E-state index contributed by atoms with van der Waals surface area (Å²) in [5, 5.41) is 3.88. The highest BCUT2D eigenvalue weighted by molar-refractivity contribution is 5.97. The number of aromatic nitrogens is 1. The van der Waals surface area contributed by atoms with Gasteiger partial charge >= 0.3 is 0 Å². The van der Waals surface area contributed by atoms with Gasteiger partial charge in [0.15, 0.2) is 0 Å². The third-order valence-electron chi connectivity index (χ3n) is 4.81. The first-order chi connectivity index (χ1) is 14.3. The molecule has 7 nitrogen and oxygen atoms in total. The van der Waals surface area contributed by atoms with Crippen molar-refractivity contribution in [3.8, 4) is 5.75 Å². The van der Waals surface area contributed by atoms with E-state index in [-0.39, 0.29) is 6.61 Å². The van der Waals surface area contributed by atoms with Gasteiger partial charge in [0.1, 0.15) is 30.0 Å². The molecule has 0 saturated carbocycles. The number of ether oxygens (including phenoxy) is 1. The summed E-state index contributed by atoms with van der Waals surface area (Å²) >= 11 is 0. The van der Waals surface area contributed by atoms with Gasteiger partial charge < -0.3 is 19.9 Å². The van der Waals surface area contributed by atoms with Gasteiger partial charge in [-0.2, -0.15) is 0 Å². The second-order valence-electron chi connectivity index (χ2n) is 6.89. The minimum atomic E-state index is -1.09. The quantitative estimate of drug-likeness (QED) is 0.643. The SMILES string of the molecule is Cc1noc(C)c1COc1ccc(C(=O)N(C)C(C(N)=O)c2cccc(F)c2)cc1. The predicted molar refractivity (Wildman–Crippen MR) is 107 cm³/mol. The molecule has 1 aromatic heterocycles. The van der Waals surface area contributed by atoms with Crippen molar-refractivity contribution in [3.63, 3.8) is 0 Å². The van der Waals surface area contributed by atoms with Gasteiger partial charge in [-0.05, 0) is 55.8 Å². The van der Waals surface area contributed by atoms with Crippen molar-refractivity contribution in [1.82, 2.24) is 10.1 Å². The Morgan fingerprint density at radius 3 is 2.47 bits per heavy atom. The lowest BCUT2D eigenvalue weighted by atomic mass is 10.0. The number of hydrogen-bond donors (Lipinski definition) is 1. The van der Waals surface area contributed by atoms with E-state index in [1.807, 2.05) is 13.8 Å². The molecule has 0 radical (unpaired) electrons. The maximum Gasteiger partial charge on any atom is 0.254 e. The average Bonchev–Trinajstić information content (AvgIpc) is 3.03. The molecular weight excluding hydrogens is 389 g/mol. The Hall–Kier alpha value is -3.68. The molecule has 2 aromatic carbocycles. The second kappa shape index (κ2) is 8.77. The topological polar surface area (TPSA) is 98.7 Å². The molecule has 2 amide bonds. The van der Waals surface area contributed by atoms with E-state index in [1.165, 1.54) is 30.1 Å². The molecule has 0 spiro atoms. The summed E-state index contributed by atoms with van der Waals surface area (Å²) in [6.07, 6.45) is 0. The van der Waals surface area contributed by atoms with E-state index < -0.39 is 23.7 Å². The van der Waals surface area contributed by atoms with Gasteiger partial charge in [0.25, 0.3) is 5.91 Å². The second-order valence-corrected chi connectivity index (χ2v) is 6.89. The summed E-state index contributed by atoms with van der Waals surface area (Å²) in [5.41, 5.74) is 7.75. The molecular formula is C22H22FN3O4. The van der Waals surface area contributed by atoms with Gasteiger partial charge in [-0.15, -0.1) is 0 Å². The van der Waals surface area contributed by atoms with Gasteiger partial charge in [-0.3, -0.25) is 9.59 Å². The maximum atomic E-state index is 13.6. The van der Waals surface area contributed by atoms with E-state index in [0.29, 0.717) is 22.6 Å². The zero-order valence-corrected chi connectivity index (χ0v) is 16.9. The van der Waals surface area contributed by atoms with E-state index in [4.69, 9.17) is 15.0 Å². The molecule has 3 aromatic rings. The number of nitrogens with zero attached hydrogens (tertiary/aromatic N) is 2. The van der Waals surface area contributed by atoms with Gasteiger partial charge in [0.05, 0.1) is 11.3 Å². The molecule has 1 atom stereocenters. The van der Waals surface area contributed by atoms with Crippen LogP contribution in [0.5, 0.6) is 5.75 Å². The van der Waals surface area contributed by atoms with Gasteiger partial charge in [0, 0.05) is 12.6 Å². The molecule has 156 valence electrons. The Bertz CT molecular complexity index is 1040. The number of halogens is 1. The van der Waals surface area contributed by atoms with Crippen LogP contribution >= 0.6 is 0 Å². The molecule has 0 saturated heterocycles. The van der Waals surface area contributed by atoms with Crippen molar-refractivity contribution in [2.75, 3.05) is 7.05 Å². The largest absolute Gasteiger partial charge is 0.489 e. The zero-order chi connectivity index (χ0) is 21.8. The van der Waals surface area contributed by atoms with Crippen LogP contribution in [0.25, 0.3) is 0 Å². The van der Waals surface area contributed by atoms with E-state index in [1.54, 1.807) is 30.3 Å². The summed E-state index contributed by atoms with van der Waals surface area (Å²) in [4.78, 5) is 26.0. The number of benzene rings is 2. The van der Waals surface area contributed by atoms with E-state index in [0.717, 1.165) is 11.3 Å². The third-order valence-corrected chi connectivity index (χ3v) is 4.81. The fraction of sp³-hybridized carbons (Fsp3) is 0.227. The highest BCUT2D eigenvalue weighted by Gasteiger charge is 2.27. The number of carbonyl (C=O) groups excluding carboxylic acids is 2. The monoisotopic (exact) mass is 411 g/mol. The molecule has 0 fully saturated rings. The minimum absolute atomic E-state index is 0.289. The molecule has 1 heterocycles. The third kappa shape index (κ3) is 4.48. The number of likely N-dealkylation sites (N-methyl/N-ethyl adjacent to an activating group) is 1. The fourth-order valence-electron chi connectivity index (χ4n) is 3.13. The standard InChI is InChI=1S/C22H22FN3O4/c1-13-19(14(2)30-25-13)12-29-18-9-7-15(8-10-18)22(28)26(3)20(21(24)27)16-5-4-6-17(23)11-16/h4-11,20H,12H2,1-3H3,(H2,24,27). The summed E-state index contributed by atoms with van der Waals surface area (Å²) in [5.74, 6) is -0.447. The van der Waals surface area contributed by atoms with E-state index in [9.17, 15) is 14.0 Å². The average molecular weight is 411 g/mol. The van der Waals surface area contributed by atoms with Crippen LogP contribution in [-0.4, -0.2) is 28.9 Å². The Balaban J connectivity index is 1.73. The zero-order valence-electron chi connectivity index (χ0n) is 16.9. The number of primary amides is 1. The van der Waals surface area contributed by atoms with Crippen LogP contribution in [0, 0.1) is 19.7 Å². The van der Waals surface area contributed by atoms with Crippen LogP contribution in [-0.2, 0) is 11.4 Å². The van der Waals surface area contributed by atoms with Crippen molar-refractivity contribution < 1.29 is 23.2 Å². The fourth-order valence-corrected chi connectivity index (χ4v) is 3.13. The molecule has 0 aliphatic heterocycles. The van der Waals surface area contributed by atoms with Gasteiger partial charge in [-0.25, -0.2) is 4.39 Å². The molecule has 0 aliphatic rings. The number of carbonyl (C=O) groups is 2. The lowest BCUT2D eigenvalue weighted by Crippen LogP contribution is -2.39. The molecule has 0 bridgehead atoms. The minimum Gasteiger partial charge on any atom is -0.489 e. The number of nitrogens with two attached hydrogens (primary N) is 1. The smallest absolute Gasteiger partial charge is 0.254 e. The maximum absolute atomic E-state index is 13.6. The van der Waals surface area contributed by atoms with Crippen LogP contribution in [0.2, 0.25) is 0 Å². The number of rotatable bonds is 7.